The Hall–Kier alpha value is -2.72. The van der Waals surface area contributed by atoms with Crippen LogP contribution in [-0.2, 0) is 4.74 Å². The first-order valence-electron chi connectivity index (χ1n) is 12.0. The van der Waals surface area contributed by atoms with Gasteiger partial charge in [0, 0.05) is 56.9 Å². The van der Waals surface area contributed by atoms with Crippen LogP contribution in [0.2, 0.25) is 10.0 Å². The summed E-state index contributed by atoms with van der Waals surface area (Å²) in [4.78, 5) is 32.0. The van der Waals surface area contributed by atoms with Gasteiger partial charge in [-0.05, 0) is 30.3 Å². The Morgan fingerprint density at radius 3 is 2.08 bits per heavy atom. The molecular formula is C26H31Cl2N3O6. The summed E-state index contributed by atoms with van der Waals surface area (Å²) in [6.07, 6.45) is -0.113. The Morgan fingerprint density at radius 1 is 0.838 bits per heavy atom. The highest BCUT2D eigenvalue weighted by molar-refractivity contribution is 6.42. The second kappa shape index (κ2) is 12.2. The highest BCUT2D eigenvalue weighted by Crippen LogP contribution is 2.38. The Kier molecular flexibility index (Phi) is 9.02. The second-order valence-corrected chi connectivity index (χ2v) is 9.69. The minimum Gasteiger partial charge on any atom is -0.493 e. The Balaban J connectivity index is 1.32. The molecule has 0 unspecified atom stereocenters. The molecule has 0 aliphatic carbocycles. The molecule has 11 heteroatoms. The van der Waals surface area contributed by atoms with E-state index in [2.05, 4.69) is 4.90 Å². The number of benzene rings is 2. The van der Waals surface area contributed by atoms with Crippen LogP contribution in [0.1, 0.15) is 20.7 Å². The number of piperazine rings is 1. The molecule has 2 saturated heterocycles. The van der Waals surface area contributed by atoms with E-state index in [0.29, 0.717) is 90.8 Å². The van der Waals surface area contributed by atoms with Gasteiger partial charge in [0.05, 0.1) is 44.1 Å². The third kappa shape index (κ3) is 6.23. The molecule has 37 heavy (non-hydrogen) atoms. The highest BCUT2D eigenvalue weighted by Gasteiger charge is 2.30. The minimum absolute atomic E-state index is 0.0902. The van der Waals surface area contributed by atoms with Crippen molar-refractivity contribution in [3.05, 3.63) is 51.5 Å². The average Bonchev–Trinajstić information content (AvgIpc) is 2.93. The quantitative estimate of drug-likeness (QED) is 0.522. The van der Waals surface area contributed by atoms with E-state index in [4.69, 9.17) is 42.1 Å². The number of hydrogen-bond donors (Lipinski definition) is 0. The zero-order chi connectivity index (χ0) is 26.5. The highest BCUT2D eigenvalue weighted by atomic mass is 35.5. The first kappa shape index (κ1) is 27.3. The summed E-state index contributed by atoms with van der Waals surface area (Å²) in [5.74, 6) is 1.15. The minimum atomic E-state index is -0.113. The standard InChI is InChI=1S/C26H31Cl2N3O6/c1-34-22-13-18(14-23(35-2)24(22)36-3)26(33)30-8-6-29(7-9-30)15-19-16-31(10-11-37-19)25(32)17-4-5-20(27)21(28)12-17/h4-5,12-14,19H,6-11,15-16H2,1-3H3/t19-/m1/s1. The van der Waals surface area contributed by atoms with Gasteiger partial charge in [-0.2, -0.15) is 0 Å². The van der Waals surface area contributed by atoms with Crippen LogP contribution < -0.4 is 14.2 Å². The maximum atomic E-state index is 13.2. The first-order chi connectivity index (χ1) is 17.8. The van der Waals surface area contributed by atoms with Crippen LogP contribution in [0.4, 0.5) is 0 Å². The number of morpholine rings is 1. The van der Waals surface area contributed by atoms with Crippen LogP contribution in [0.5, 0.6) is 17.2 Å². The number of rotatable bonds is 7. The zero-order valence-electron chi connectivity index (χ0n) is 21.2. The molecule has 200 valence electrons. The molecule has 0 spiro atoms. The molecule has 0 bridgehead atoms. The van der Waals surface area contributed by atoms with Crippen LogP contribution >= 0.6 is 23.2 Å². The molecule has 2 aliphatic rings. The fraction of sp³-hybridized carbons (Fsp3) is 0.462. The zero-order valence-corrected chi connectivity index (χ0v) is 22.7. The van der Waals surface area contributed by atoms with Crippen molar-refractivity contribution in [2.45, 2.75) is 6.10 Å². The monoisotopic (exact) mass is 551 g/mol. The van der Waals surface area contributed by atoms with Gasteiger partial charge in [0.1, 0.15) is 0 Å². The van der Waals surface area contributed by atoms with Gasteiger partial charge in [-0.3, -0.25) is 14.5 Å². The van der Waals surface area contributed by atoms with Crippen molar-refractivity contribution in [1.82, 2.24) is 14.7 Å². The normalized spacial score (nSPS) is 18.5. The Labute approximate surface area is 226 Å². The van der Waals surface area contributed by atoms with E-state index in [0.717, 1.165) is 0 Å². The summed E-state index contributed by atoms with van der Waals surface area (Å²) in [6.45, 7) is 4.72. The molecule has 0 saturated carbocycles. The van der Waals surface area contributed by atoms with Gasteiger partial charge in [0.25, 0.3) is 11.8 Å². The SMILES string of the molecule is COc1cc(C(=O)N2CCN(C[C@@H]3CN(C(=O)c4ccc(Cl)c(Cl)c4)CCO3)CC2)cc(OC)c1OC. The molecule has 2 aromatic rings. The molecule has 0 radical (unpaired) electrons. The van der Waals surface area contributed by atoms with E-state index in [1.807, 2.05) is 4.90 Å². The lowest BCUT2D eigenvalue weighted by atomic mass is 10.1. The maximum absolute atomic E-state index is 13.2. The lowest BCUT2D eigenvalue weighted by Gasteiger charge is -2.39. The van der Waals surface area contributed by atoms with Crippen molar-refractivity contribution >= 4 is 35.0 Å². The fourth-order valence-corrected chi connectivity index (χ4v) is 4.93. The molecule has 9 nitrogen and oxygen atoms in total. The average molecular weight is 552 g/mol. The molecule has 2 heterocycles. The van der Waals surface area contributed by atoms with Gasteiger partial charge >= 0.3 is 0 Å². The van der Waals surface area contributed by atoms with Gasteiger partial charge < -0.3 is 28.7 Å². The smallest absolute Gasteiger partial charge is 0.254 e. The number of nitrogens with zero attached hydrogens (tertiary/aromatic N) is 3. The number of carbonyl (C=O) groups is 2. The third-order valence-electron chi connectivity index (χ3n) is 6.63. The van der Waals surface area contributed by atoms with Crippen molar-refractivity contribution in [3.8, 4) is 17.2 Å². The van der Waals surface area contributed by atoms with E-state index in [-0.39, 0.29) is 17.9 Å². The van der Waals surface area contributed by atoms with E-state index in [1.54, 1.807) is 35.2 Å². The fourth-order valence-electron chi connectivity index (χ4n) is 4.63. The second-order valence-electron chi connectivity index (χ2n) is 8.88. The van der Waals surface area contributed by atoms with E-state index in [1.165, 1.54) is 21.3 Å². The maximum Gasteiger partial charge on any atom is 0.254 e. The molecule has 4 rings (SSSR count). The van der Waals surface area contributed by atoms with Crippen molar-refractivity contribution in [2.75, 3.05) is 73.7 Å². The van der Waals surface area contributed by atoms with Crippen molar-refractivity contribution in [3.63, 3.8) is 0 Å². The van der Waals surface area contributed by atoms with Crippen molar-refractivity contribution in [2.24, 2.45) is 0 Å². The first-order valence-corrected chi connectivity index (χ1v) is 12.8. The number of amides is 2. The molecule has 1 atom stereocenters. The number of halogens is 2. The number of ether oxygens (including phenoxy) is 4. The molecule has 2 amide bonds. The lowest BCUT2D eigenvalue weighted by molar-refractivity contribution is -0.0399. The van der Waals surface area contributed by atoms with Gasteiger partial charge in [-0.25, -0.2) is 0 Å². The predicted molar refractivity (Wildman–Crippen MR) is 141 cm³/mol. The number of hydrogen-bond acceptors (Lipinski definition) is 7. The van der Waals surface area contributed by atoms with Gasteiger partial charge in [-0.15, -0.1) is 0 Å². The Bertz CT molecular complexity index is 1110. The summed E-state index contributed by atoms with van der Waals surface area (Å²) in [5, 5.41) is 0.775. The predicted octanol–water partition coefficient (Wildman–Crippen LogP) is 3.32. The molecule has 2 fully saturated rings. The number of methoxy groups -OCH3 is 3. The number of carbonyl (C=O) groups excluding carboxylic acids is 2. The van der Waals surface area contributed by atoms with Gasteiger partial charge in [0.15, 0.2) is 11.5 Å². The summed E-state index contributed by atoms with van der Waals surface area (Å²) >= 11 is 12.1. The molecule has 2 aromatic carbocycles. The molecule has 2 aliphatic heterocycles. The van der Waals surface area contributed by atoms with E-state index in [9.17, 15) is 9.59 Å². The molecule has 0 aromatic heterocycles. The van der Waals surface area contributed by atoms with Crippen molar-refractivity contribution in [1.29, 1.82) is 0 Å². The van der Waals surface area contributed by atoms with Crippen LogP contribution in [0, 0.1) is 0 Å². The van der Waals surface area contributed by atoms with E-state index >= 15 is 0 Å². The topological polar surface area (TPSA) is 80.8 Å². The third-order valence-corrected chi connectivity index (χ3v) is 7.36. The van der Waals surface area contributed by atoms with E-state index < -0.39 is 0 Å². The van der Waals surface area contributed by atoms with Crippen LogP contribution in [-0.4, -0.2) is 106 Å². The van der Waals surface area contributed by atoms with Crippen LogP contribution in [0.25, 0.3) is 0 Å². The summed E-state index contributed by atoms with van der Waals surface area (Å²) in [5.41, 5.74) is 0.990. The molecular weight excluding hydrogens is 521 g/mol. The Morgan fingerprint density at radius 2 is 1.49 bits per heavy atom. The molecule has 0 N–H and O–H groups in total. The van der Waals surface area contributed by atoms with Crippen molar-refractivity contribution < 1.29 is 28.5 Å². The largest absolute Gasteiger partial charge is 0.493 e. The summed E-state index contributed by atoms with van der Waals surface area (Å²) < 4.78 is 22.1. The van der Waals surface area contributed by atoms with Crippen LogP contribution in [0.3, 0.4) is 0 Å². The van der Waals surface area contributed by atoms with Gasteiger partial charge in [-0.1, -0.05) is 23.2 Å². The van der Waals surface area contributed by atoms with Gasteiger partial charge in [0.2, 0.25) is 5.75 Å². The van der Waals surface area contributed by atoms with Crippen LogP contribution in [0.15, 0.2) is 30.3 Å². The summed E-state index contributed by atoms with van der Waals surface area (Å²) in [6, 6.07) is 8.26. The lowest BCUT2D eigenvalue weighted by Crippen LogP contribution is -2.54. The summed E-state index contributed by atoms with van der Waals surface area (Å²) in [7, 11) is 4.58.